The molecule has 112 valence electrons. The van der Waals surface area contributed by atoms with Gasteiger partial charge in [0, 0.05) is 5.69 Å². The van der Waals surface area contributed by atoms with E-state index in [4.69, 9.17) is 10.5 Å². The zero-order valence-corrected chi connectivity index (χ0v) is 12.8. The van der Waals surface area contributed by atoms with Crippen LogP contribution in [0.5, 0.6) is 0 Å². The molecule has 0 radical (unpaired) electrons. The third-order valence-electron chi connectivity index (χ3n) is 3.75. The van der Waals surface area contributed by atoms with Crippen molar-refractivity contribution in [2.24, 2.45) is 0 Å². The quantitative estimate of drug-likeness (QED) is 0.818. The van der Waals surface area contributed by atoms with E-state index in [0.717, 1.165) is 17.7 Å². The van der Waals surface area contributed by atoms with Gasteiger partial charge in [-0.15, -0.1) is 0 Å². The Bertz CT molecular complexity index is 614. The van der Waals surface area contributed by atoms with Crippen LogP contribution in [0.3, 0.4) is 0 Å². The van der Waals surface area contributed by atoms with Crippen molar-refractivity contribution in [3.05, 3.63) is 41.5 Å². The summed E-state index contributed by atoms with van der Waals surface area (Å²) in [7, 11) is 0. The minimum atomic E-state index is -0.395. The van der Waals surface area contributed by atoms with E-state index in [9.17, 15) is 4.79 Å². The van der Waals surface area contributed by atoms with E-state index in [1.807, 2.05) is 12.1 Å². The zero-order valence-electron chi connectivity index (χ0n) is 12.8. The van der Waals surface area contributed by atoms with Crippen molar-refractivity contribution in [3.63, 3.8) is 0 Å². The number of esters is 1. The van der Waals surface area contributed by atoms with Gasteiger partial charge in [0.2, 0.25) is 0 Å². The fraction of sp³-hybridized carbons (Fsp3) is 0.353. The molecule has 0 saturated carbocycles. The monoisotopic (exact) mass is 286 g/mol. The molecule has 2 aromatic rings. The average molecular weight is 286 g/mol. The number of anilines is 1. The Balaban J connectivity index is 2.26. The minimum absolute atomic E-state index is 0.336. The summed E-state index contributed by atoms with van der Waals surface area (Å²) in [5, 5.41) is 0. The number of nitrogens with one attached hydrogen (secondary N) is 1. The van der Waals surface area contributed by atoms with Crippen LogP contribution in [0.2, 0.25) is 0 Å². The number of rotatable bonds is 5. The predicted molar refractivity (Wildman–Crippen MR) is 85.3 cm³/mol. The number of hydrogen-bond acceptors (Lipinski definition) is 3. The summed E-state index contributed by atoms with van der Waals surface area (Å²) in [6.45, 7) is 6.49. The molecule has 0 saturated heterocycles. The lowest BCUT2D eigenvalue weighted by molar-refractivity contribution is 0.0528. The van der Waals surface area contributed by atoms with Crippen molar-refractivity contribution in [1.82, 2.24) is 4.98 Å². The fourth-order valence-corrected chi connectivity index (χ4v) is 2.23. The van der Waals surface area contributed by atoms with Crippen LogP contribution in [0, 0.1) is 0 Å². The molecule has 0 fully saturated rings. The predicted octanol–water partition coefficient (Wildman–Crippen LogP) is 3.95. The van der Waals surface area contributed by atoms with E-state index in [0.29, 0.717) is 23.9 Å². The number of benzene rings is 1. The first-order chi connectivity index (χ1) is 10.1. The van der Waals surface area contributed by atoms with Gasteiger partial charge < -0.3 is 15.5 Å². The number of ether oxygens (including phenoxy) is 1. The Morgan fingerprint density at radius 1 is 1.29 bits per heavy atom. The molecule has 0 amide bonds. The van der Waals surface area contributed by atoms with E-state index in [1.54, 1.807) is 13.0 Å². The molecule has 1 heterocycles. The number of nitrogen functional groups attached to an aromatic ring is 1. The molecule has 1 atom stereocenters. The normalized spacial score (nSPS) is 12.1. The first-order valence-corrected chi connectivity index (χ1v) is 7.32. The first-order valence-electron chi connectivity index (χ1n) is 7.32. The van der Waals surface area contributed by atoms with Gasteiger partial charge in [-0.3, -0.25) is 0 Å². The van der Waals surface area contributed by atoms with Crippen LogP contribution in [0.1, 0.15) is 49.0 Å². The number of nitrogens with two attached hydrogens (primary N) is 1. The van der Waals surface area contributed by atoms with Gasteiger partial charge in [0.25, 0.3) is 0 Å². The molecule has 1 unspecified atom stereocenters. The minimum Gasteiger partial charge on any atom is -0.462 e. The summed E-state index contributed by atoms with van der Waals surface area (Å²) < 4.78 is 4.98. The molecule has 0 aliphatic rings. The highest BCUT2D eigenvalue weighted by molar-refractivity contribution is 5.96. The van der Waals surface area contributed by atoms with Gasteiger partial charge in [-0.25, -0.2) is 4.79 Å². The first kappa shape index (κ1) is 15.2. The Labute approximate surface area is 125 Å². The SMILES string of the molecule is CCOC(=O)c1cc(-c2ccc(C(C)CC)cc2)[nH]c1N. The summed E-state index contributed by atoms with van der Waals surface area (Å²) in [6.07, 6.45) is 1.11. The Kier molecular flexibility index (Phi) is 4.68. The van der Waals surface area contributed by atoms with Gasteiger partial charge in [-0.05, 0) is 36.5 Å². The van der Waals surface area contributed by atoms with Crippen molar-refractivity contribution < 1.29 is 9.53 Å². The highest BCUT2D eigenvalue weighted by atomic mass is 16.5. The van der Waals surface area contributed by atoms with Gasteiger partial charge in [-0.2, -0.15) is 0 Å². The molecule has 4 nitrogen and oxygen atoms in total. The maximum absolute atomic E-state index is 11.8. The number of H-pyrrole nitrogens is 1. The number of carbonyl (C=O) groups is 1. The zero-order chi connectivity index (χ0) is 15.4. The topological polar surface area (TPSA) is 68.1 Å². The maximum Gasteiger partial charge on any atom is 0.341 e. The smallest absolute Gasteiger partial charge is 0.341 e. The lowest BCUT2D eigenvalue weighted by Crippen LogP contribution is -2.05. The standard InChI is InChI=1S/C17H22N2O2/c1-4-11(3)12-6-8-13(9-7-12)15-10-14(16(18)19-15)17(20)21-5-2/h6-11,19H,4-5,18H2,1-3H3. The molecule has 4 heteroatoms. The van der Waals surface area contributed by atoms with Crippen molar-refractivity contribution >= 4 is 11.8 Å². The van der Waals surface area contributed by atoms with Gasteiger partial charge >= 0.3 is 5.97 Å². The van der Waals surface area contributed by atoms with Crippen LogP contribution in [0.15, 0.2) is 30.3 Å². The van der Waals surface area contributed by atoms with Crippen LogP contribution in [0.25, 0.3) is 11.3 Å². The van der Waals surface area contributed by atoms with Crippen LogP contribution < -0.4 is 5.73 Å². The third kappa shape index (κ3) is 3.27. The summed E-state index contributed by atoms with van der Waals surface area (Å²) in [4.78, 5) is 14.8. The molecule has 0 bridgehead atoms. The molecule has 0 spiro atoms. The van der Waals surface area contributed by atoms with Crippen molar-refractivity contribution in [2.45, 2.75) is 33.1 Å². The van der Waals surface area contributed by atoms with Gasteiger partial charge in [-0.1, -0.05) is 38.1 Å². The molecular weight excluding hydrogens is 264 g/mol. The second kappa shape index (κ2) is 6.48. The van der Waals surface area contributed by atoms with Crippen LogP contribution in [-0.4, -0.2) is 17.6 Å². The molecule has 3 N–H and O–H groups in total. The van der Waals surface area contributed by atoms with Gasteiger partial charge in [0.05, 0.1) is 6.61 Å². The second-order valence-electron chi connectivity index (χ2n) is 5.16. The van der Waals surface area contributed by atoms with Crippen molar-refractivity contribution in [2.75, 3.05) is 12.3 Å². The van der Waals surface area contributed by atoms with E-state index >= 15 is 0 Å². The molecule has 2 rings (SSSR count). The fourth-order valence-electron chi connectivity index (χ4n) is 2.23. The van der Waals surface area contributed by atoms with E-state index < -0.39 is 5.97 Å². The van der Waals surface area contributed by atoms with Crippen molar-refractivity contribution in [3.8, 4) is 11.3 Å². The summed E-state index contributed by atoms with van der Waals surface area (Å²) in [6, 6.07) is 10.1. The van der Waals surface area contributed by atoms with Gasteiger partial charge in [0.1, 0.15) is 11.4 Å². The van der Waals surface area contributed by atoms with E-state index in [1.165, 1.54) is 5.56 Å². The molecule has 0 aliphatic carbocycles. The Morgan fingerprint density at radius 2 is 1.95 bits per heavy atom. The summed E-state index contributed by atoms with van der Waals surface area (Å²) in [5.41, 5.74) is 9.38. The number of hydrogen-bond donors (Lipinski definition) is 2. The van der Waals surface area contributed by atoms with Crippen LogP contribution in [-0.2, 0) is 4.74 Å². The molecular formula is C17H22N2O2. The lowest BCUT2D eigenvalue weighted by atomic mass is 9.97. The van der Waals surface area contributed by atoms with Gasteiger partial charge in [0.15, 0.2) is 0 Å². The summed E-state index contributed by atoms with van der Waals surface area (Å²) >= 11 is 0. The maximum atomic E-state index is 11.8. The molecule has 0 aliphatic heterocycles. The van der Waals surface area contributed by atoms with Crippen molar-refractivity contribution in [1.29, 1.82) is 0 Å². The second-order valence-corrected chi connectivity index (χ2v) is 5.16. The largest absolute Gasteiger partial charge is 0.462 e. The number of aromatic nitrogens is 1. The third-order valence-corrected chi connectivity index (χ3v) is 3.75. The highest BCUT2D eigenvalue weighted by Gasteiger charge is 2.15. The number of aromatic amines is 1. The van der Waals surface area contributed by atoms with Crippen LogP contribution in [0.4, 0.5) is 5.82 Å². The molecule has 21 heavy (non-hydrogen) atoms. The Morgan fingerprint density at radius 3 is 2.52 bits per heavy atom. The molecule has 1 aromatic carbocycles. The number of carbonyl (C=O) groups excluding carboxylic acids is 1. The van der Waals surface area contributed by atoms with Crippen LogP contribution >= 0.6 is 0 Å². The lowest BCUT2D eigenvalue weighted by Gasteiger charge is -2.09. The highest BCUT2D eigenvalue weighted by Crippen LogP contribution is 2.26. The summed E-state index contributed by atoms with van der Waals surface area (Å²) in [5.74, 6) is 0.492. The van der Waals surface area contributed by atoms with E-state index in [-0.39, 0.29) is 0 Å². The Hall–Kier alpha value is -2.23. The molecule has 1 aromatic heterocycles. The van der Waals surface area contributed by atoms with E-state index in [2.05, 4.69) is 31.0 Å². The average Bonchev–Trinajstić information content (AvgIpc) is 2.89.